The zero-order chi connectivity index (χ0) is 14.4. The van der Waals surface area contributed by atoms with Crippen LogP contribution in [0.2, 0.25) is 0 Å². The summed E-state index contributed by atoms with van der Waals surface area (Å²) in [6.45, 7) is 0.751. The molecule has 0 aliphatic rings. The Kier molecular flexibility index (Phi) is 5.49. The maximum absolute atomic E-state index is 10.5. The van der Waals surface area contributed by atoms with Crippen molar-refractivity contribution in [3.8, 4) is 0 Å². The average molecular weight is 352 g/mol. The standard InChI is InChI=1S/C15H14BrNO2S/c16-12-3-1-2-11(8-12)9-17-13-4-6-14(7-5-13)20-10-15(18)19/h1-8,17H,9-10H2,(H,18,19). The Balaban J connectivity index is 1.89. The van der Waals surface area contributed by atoms with Gasteiger partial charge in [0.25, 0.3) is 0 Å². The minimum atomic E-state index is -0.799. The molecule has 104 valence electrons. The number of anilines is 1. The van der Waals surface area contributed by atoms with Gasteiger partial charge in [-0.25, -0.2) is 0 Å². The van der Waals surface area contributed by atoms with E-state index in [-0.39, 0.29) is 5.75 Å². The fourth-order valence-electron chi connectivity index (χ4n) is 1.67. The third kappa shape index (κ3) is 4.90. The van der Waals surface area contributed by atoms with Crippen molar-refractivity contribution >= 4 is 39.3 Å². The van der Waals surface area contributed by atoms with Gasteiger partial charge < -0.3 is 10.4 Å². The summed E-state index contributed by atoms with van der Waals surface area (Å²) in [6, 6.07) is 15.9. The van der Waals surface area contributed by atoms with E-state index in [1.807, 2.05) is 36.4 Å². The van der Waals surface area contributed by atoms with Gasteiger partial charge in [0.2, 0.25) is 0 Å². The average Bonchev–Trinajstić information content (AvgIpc) is 2.44. The fourth-order valence-corrected chi connectivity index (χ4v) is 2.73. The second kappa shape index (κ2) is 7.36. The zero-order valence-corrected chi connectivity index (χ0v) is 13.1. The van der Waals surface area contributed by atoms with Crippen molar-refractivity contribution in [1.29, 1.82) is 0 Å². The van der Waals surface area contributed by atoms with E-state index in [1.165, 1.54) is 17.3 Å². The monoisotopic (exact) mass is 351 g/mol. The Morgan fingerprint density at radius 1 is 1.20 bits per heavy atom. The molecule has 0 bridgehead atoms. The molecule has 0 radical (unpaired) electrons. The molecule has 5 heteroatoms. The van der Waals surface area contributed by atoms with E-state index in [2.05, 4.69) is 33.4 Å². The van der Waals surface area contributed by atoms with Crippen molar-refractivity contribution in [2.45, 2.75) is 11.4 Å². The molecule has 2 rings (SSSR count). The lowest BCUT2D eigenvalue weighted by Crippen LogP contribution is -1.99. The Morgan fingerprint density at radius 3 is 2.60 bits per heavy atom. The molecular formula is C15H14BrNO2S. The quantitative estimate of drug-likeness (QED) is 0.764. The van der Waals surface area contributed by atoms with E-state index in [1.54, 1.807) is 0 Å². The lowest BCUT2D eigenvalue weighted by Gasteiger charge is -2.07. The summed E-state index contributed by atoms with van der Waals surface area (Å²) >= 11 is 4.77. The molecule has 0 atom stereocenters. The van der Waals surface area contributed by atoms with Gasteiger partial charge in [0.1, 0.15) is 0 Å². The number of carbonyl (C=O) groups is 1. The number of nitrogens with one attached hydrogen (secondary N) is 1. The molecule has 2 N–H and O–H groups in total. The van der Waals surface area contributed by atoms with Gasteiger partial charge in [0.05, 0.1) is 5.75 Å². The maximum Gasteiger partial charge on any atom is 0.313 e. The van der Waals surface area contributed by atoms with Crippen LogP contribution < -0.4 is 5.32 Å². The van der Waals surface area contributed by atoms with Crippen LogP contribution in [0.25, 0.3) is 0 Å². The first-order valence-electron chi connectivity index (χ1n) is 6.06. The highest BCUT2D eigenvalue weighted by Gasteiger charge is 2.00. The molecule has 0 heterocycles. The first-order valence-corrected chi connectivity index (χ1v) is 7.84. The lowest BCUT2D eigenvalue weighted by atomic mass is 10.2. The van der Waals surface area contributed by atoms with Gasteiger partial charge in [0, 0.05) is 21.6 Å². The van der Waals surface area contributed by atoms with E-state index < -0.39 is 5.97 Å². The van der Waals surface area contributed by atoms with E-state index in [0.29, 0.717) is 0 Å². The molecule has 20 heavy (non-hydrogen) atoms. The van der Waals surface area contributed by atoms with Crippen LogP contribution in [-0.2, 0) is 11.3 Å². The predicted octanol–water partition coefficient (Wildman–Crippen LogP) is 4.24. The number of carboxylic acid groups (broad SMARTS) is 1. The third-order valence-electron chi connectivity index (χ3n) is 2.60. The highest BCUT2D eigenvalue weighted by Crippen LogP contribution is 2.20. The first kappa shape index (κ1) is 14.9. The third-order valence-corrected chi connectivity index (χ3v) is 4.09. The van der Waals surface area contributed by atoms with E-state index >= 15 is 0 Å². The van der Waals surface area contributed by atoms with Crippen molar-refractivity contribution in [2.24, 2.45) is 0 Å². The summed E-state index contributed by atoms with van der Waals surface area (Å²) in [5.74, 6) is -0.711. The Hall–Kier alpha value is -1.46. The molecule has 0 aliphatic carbocycles. The van der Waals surface area contributed by atoms with Gasteiger partial charge in [-0.2, -0.15) is 0 Å². The van der Waals surface area contributed by atoms with Crippen LogP contribution in [0.4, 0.5) is 5.69 Å². The van der Waals surface area contributed by atoms with Crippen LogP contribution in [0.5, 0.6) is 0 Å². The number of carboxylic acids is 1. The zero-order valence-electron chi connectivity index (χ0n) is 10.7. The van der Waals surface area contributed by atoms with E-state index in [0.717, 1.165) is 21.6 Å². The molecular weight excluding hydrogens is 338 g/mol. The Morgan fingerprint density at radius 2 is 1.95 bits per heavy atom. The van der Waals surface area contributed by atoms with Gasteiger partial charge in [0.15, 0.2) is 0 Å². The van der Waals surface area contributed by atoms with Gasteiger partial charge in [-0.05, 0) is 42.0 Å². The number of thioether (sulfide) groups is 1. The van der Waals surface area contributed by atoms with Crippen LogP contribution in [-0.4, -0.2) is 16.8 Å². The number of benzene rings is 2. The molecule has 0 aliphatic heterocycles. The van der Waals surface area contributed by atoms with Crippen LogP contribution >= 0.6 is 27.7 Å². The highest BCUT2D eigenvalue weighted by molar-refractivity contribution is 9.10. The molecule has 3 nitrogen and oxygen atoms in total. The molecule has 0 aromatic heterocycles. The van der Waals surface area contributed by atoms with Crippen LogP contribution in [0.15, 0.2) is 57.9 Å². The van der Waals surface area contributed by atoms with Crippen molar-refractivity contribution in [2.75, 3.05) is 11.1 Å². The molecule has 0 unspecified atom stereocenters. The van der Waals surface area contributed by atoms with Crippen LogP contribution in [0.3, 0.4) is 0 Å². The number of halogens is 1. The van der Waals surface area contributed by atoms with Crippen molar-refractivity contribution in [3.63, 3.8) is 0 Å². The summed E-state index contributed by atoms with van der Waals surface area (Å²) in [6.07, 6.45) is 0. The molecule has 0 amide bonds. The number of rotatable bonds is 6. The molecule has 2 aromatic rings. The summed E-state index contributed by atoms with van der Waals surface area (Å²) < 4.78 is 1.07. The molecule has 0 saturated carbocycles. The summed E-state index contributed by atoms with van der Waals surface area (Å²) in [4.78, 5) is 11.4. The summed E-state index contributed by atoms with van der Waals surface area (Å²) in [5, 5.41) is 12.0. The Labute approximate surface area is 130 Å². The second-order valence-corrected chi connectivity index (χ2v) is 6.15. The van der Waals surface area contributed by atoms with Crippen LogP contribution in [0.1, 0.15) is 5.56 Å². The van der Waals surface area contributed by atoms with Crippen molar-refractivity contribution in [1.82, 2.24) is 0 Å². The second-order valence-electron chi connectivity index (χ2n) is 4.19. The van der Waals surface area contributed by atoms with E-state index in [4.69, 9.17) is 5.11 Å². The minimum Gasteiger partial charge on any atom is -0.481 e. The minimum absolute atomic E-state index is 0.0881. The van der Waals surface area contributed by atoms with Gasteiger partial charge >= 0.3 is 5.97 Å². The smallest absolute Gasteiger partial charge is 0.313 e. The number of hydrogen-bond donors (Lipinski definition) is 2. The largest absolute Gasteiger partial charge is 0.481 e. The summed E-state index contributed by atoms with van der Waals surface area (Å²) in [7, 11) is 0. The number of hydrogen-bond acceptors (Lipinski definition) is 3. The Bertz CT molecular complexity index is 587. The maximum atomic E-state index is 10.5. The highest BCUT2D eigenvalue weighted by atomic mass is 79.9. The van der Waals surface area contributed by atoms with Crippen molar-refractivity contribution in [3.05, 3.63) is 58.6 Å². The fraction of sp³-hybridized carbons (Fsp3) is 0.133. The lowest BCUT2D eigenvalue weighted by molar-refractivity contribution is -0.133. The SMILES string of the molecule is O=C(O)CSc1ccc(NCc2cccc(Br)c2)cc1. The molecule has 0 fully saturated rings. The van der Waals surface area contributed by atoms with Crippen molar-refractivity contribution < 1.29 is 9.90 Å². The molecule has 0 saturated heterocycles. The summed E-state index contributed by atoms with van der Waals surface area (Å²) in [5.41, 5.74) is 2.22. The van der Waals surface area contributed by atoms with E-state index in [9.17, 15) is 4.79 Å². The van der Waals surface area contributed by atoms with Gasteiger partial charge in [-0.15, -0.1) is 11.8 Å². The molecule has 2 aromatic carbocycles. The van der Waals surface area contributed by atoms with Gasteiger partial charge in [-0.3, -0.25) is 4.79 Å². The van der Waals surface area contributed by atoms with Crippen LogP contribution in [0, 0.1) is 0 Å². The molecule has 0 spiro atoms. The predicted molar refractivity (Wildman–Crippen MR) is 86.3 cm³/mol. The van der Waals surface area contributed by atoms with Gasteiger partial charge in [-0.1, -0.05) is 28.1 Å². The number of aliphatic carboxylic acids is 1. The normalized spacial score (nSPS) is 10.2. The first-order chi connectivity index (χ1) is 9.63. The topological polar surface area (TPSA) is 49.3 Å².